The predicted octanol–water partition coefficient (Wildman–Crippen LogP) is 2.66. The highest BCUT2D eigenvalue weighted by atomic mass is 35.5. The number of thiazole rings is 1. The van der Waals surface area contributed by atoms with Crippen LogP contribution in [0.4, 0.5) is 4.79 Å². The fourth-order valence-electron chi connectivity index (χ4n) is 1.84. The zero-order chi connectivity index (χ0) is 15.9. The number of amides is 2. The fourth-order valence-corrected chi connectivity index (χ4v) is 2.96. The Morgan fingerprint density at radius 1 is 1.27 bits per heavy atom. The molecule has 0 spiro atoms. The summed E-state index contributed by atoms with van der Waals surface area (Å²) in [6, 6.07) is 5.28. The van der Waals surface area contributed by atoms with Crippen LogP contribution in [-0.2, 0) is 11.2 Å². The van der Waals surface area contributed by atoms with E-state index < -0.39 is 5.97 Å². The number of urea groups is 1. The summed E-state index contributed by atoms with van der Waals surface area (Å²) in [4.78, 5) is 26.3. The molecule has 0 aliphatic rings. The van der Waals surface area contributed by atoms with Crippen LogP contribution in [-0.4, -0.2) is 35.2 Å². The van der Waals surface area contributed by atoms with Crippen LogP contribution in [0.3, 0.4) is 0 Å². The van der Waals surface area contributed by atoms with Gasteiger partial charge in [-0.1, -0.05) is 11.6 Å². The SMILES string of the molecule is O=C(O)CCCNC(=O)NCCc1nc2cc(Cl)ccc2s1. The molecule has 1 aromatic heterocycles. The van der Waals surface area contributed by atoms with E-state index in [1.54, 1.807) is 11.3 Å². The Kier molecular flexibility index (Phi) is 5.97. The van der Waals surface area contributed by atoms with Crippen molar-refractivity contribution in [2.75, 3.05) is 13.1 Å². The largest absolute Gasteiger partial charge is 0.481 e. The number of fused-ring (bicyclic) bond motifs is 1. The van der Waals surface area contributed by atoms with Gasteiger partial charge in [0.1, 0.15) is 0 Å². The minimum atomic E-state index is -0.863. The van der Waals surface area contributed by atoms with E-state index in [-0.39, 0.29) is 12.5 Å². The molecule has 22 heavy (non-hydrogen) atoms. The summed E-state index contributed by atoms with van der Waals surface area (Å²) in [6.45, 7) is 0.816. The Morgan fingerprint density at radius 2 is 2.05 bits per heavy atom. The third-order valence-corrected chi connectivity index (χ3v) is 4.20. The van der Waals surface area contributed by atoms with Gasteiger partial charge in [-0.25, -0.2) is 9.78 Å². The van der Waals surface area contributed by atoms with Crippen LogP contribution < -0.4 is 10.6 Å². The van der Waals surface area contributed by atoms with Crippen molar-refractivity contribution in [3.8, 4) is 0 Å². The molecule has 0 radical (unpaired) electrons. The fraction of sp³-hybridized carbons (Fsp3) is 0.357. The number of halogens is 1. The zero-order valence-electron chi connectivity index (χ0n) is 11.8. The summed E-state index contributed by atoms with van der Waals surface area (Å²) in [6.07, 6.45) is 1.11. The van der Waals surface area contributed by atoms with E-state index >= 15 is 0 Å². The molecule has 0 saturated carbocycles. The molecule has 0 aliphatic heterocycles. The van der Waals surface area contributed by atoms with Gasteiger partial charge in [0.05, 0.1) is 15.2 Å². The molecule has 2 aromatic rings. The number of nitrogens with one attached hydrogen (secondary N) is 2. The molecule has 1 heterocycles. The summed E-state index contributed by atoms with van der Waals surface area (Å²) in [5.74, 6) is -0.863. The average Bonchev–Trinajstić information content (AvgIpc) is 2.85. The molecule has 6 nitrogen and oxygen atoms in total. The van der Waals surface area contributed by atoms with Crippen LogP contribution in [0.25, 0.3) is 10.2 Å². The molecule has 0 saturated heterocycles. The number of aromatic nitrogens is 1. The van der Waals surface area contributed by atoms with Crippen molar-refractivity contribution in [3.63, 3.8) is 0 Å². The van der Waals surface area contributed by atoms with Gasteiger partial charge in [0.15, 0.2) is 0 Å². The number of nitrogens with zero attached hydrogens (tertiary/aromatic N) is 1. The highest BCUT2D eigenvalue weighted by Crippen LogP contribution is 2.24. The van der Waals surface area contributed by atoms with Gasteiger partial charge in [-0.15, -0.1) is 11.3 Å². The second-order valence-corrected chi connectivity index (χ2v) is 6.20. The monoisotopic (exact) mass is 341 g/mol. The second-order valence-electron chi connectivity index (χ2n) is 4.65. The van der Waals surface area contributed by atoms with Crippen LogP contribution in [0.2, 0.25) is 5.02 Å². The third kappa shape index (κ3) is 5.16. The van der Waals surface area contributed by atoms with Gasteiger partial charge in [0.25, 0.3) is 0 Å². The predicted molar refractivity (Wildman–Crippen MR) is 86.6 cm³/mol. The topological polar surface area (TPSA) is 91.3 Å². The van der Waals surface area contributed by atoms with Gasteiger partial charge < -0.3 is 15.7 Å². The van der Waals surface area contributed by atoms with Crippen LogP contribution in [0, 0.1) is 0 Å². The maximum absolute atomic E-state index is 11.5. The lowest BCUT2D eigenvalue weighted by molar-refractivity contribution is -0.137. The zero-order valence-corrected chi connectivity index (χ0v) is 13.3. The second kappa shape index (κ2) is 7.95. The molecule has 0 fully saturated rings. The summed E-state index contributed by atoms with van der Waals surface area (Å²) >= 11 is 7.49. The van der Waals surface area contributed by atoms with Gasteiger partial charge in [0.2, 0.25) is 0 Å². The van der Waals surface area contributed by atoms with Crippen molar-refractivity contribution < 1.29 is 14.7 Å². The number of carbonyl (C=O) groups is 2. The normalized spacial score (nSPS) is 10.6. The smallest absolute Gasteiger partial charge is 0.314 e. The maximum atomic E-state index is 11.5. The first-order chi connectivity index (χ1) is 10.5. The summed E-state index contributed by atoms with van der Waals surface area (Å²) < 4.78 is 1.07. The standard InChI is InChI=1S/C14H16ClN3O3S/c15-9-3-4-11-10(8-9)18-12(22-11)5-7-17-14(21)16-6-1-2-13(19)20/h3-4,8H,1-2,5-7H2,(H,19,20)(H2,16,17,21). The molecule has 118 valence electrons. The van der Waals surface area contributed by atoms with E-state index in [2.05, 4.69) is 15.6 Å². The lowest BCUT2D eigenvalue weighted by Crippen LogP contribution is -2.37. The number of benzene rings is 1. The minimum Gasteiger partial charge on any atom is -0.481 e. The van der Waals surface area contributed by atoms with Gasteiger partial charge in [0, 0.05) is 31.0 Å². The molecule has 2 rings (SSSR count). The highest BCUT2D eigenvalue weighted by molar-refractivity contribution is 7.18. The van der Waals surface area contributed by atoms with E-state index in [0.29, 0.717) is 31.0 Å². The molecule has 3 N–H and O–H groups in total. The number of rotatable bonds is 7. The molecular weight excluding hydrogens is 326 g/mol. The molecule has 0 aliphatic carbocycles. The third-order valence-electron chi connectivity index (χ3n) is 2.87. The van der Waals surface area contributed by atoms with E-state index in [1.165, 1.54) is 0 Å². The first-order valence-corrected chi connectivity index (χ1v) is 8.02. The van der Waals surface area contributed by atoms with Gasteiger partial charge >= 0.3 is 12.0 Å². The van der Waals surface area contributed by atoms with Gasteiger partial charge in [-0.3, -0.25) is 4.79 Å². The minimum absolute atomic E-state index is 0.0501. The van der Waals surface area contributed by atoms with Gasteiger partial charge in [-0.05, 0) is 24.6 Å². The van der Waals surface area contributed by atoms with Crippen LogP contribution >= 0.6 is 22.9 Å². The number of carboxylic acid groups (broad SMARTS) is 1. The van der Waals surface area contributed by atoms with Gasteiger partial charge in [-0.2, -0.15) is 0 Å². The van der Waals surface area contributed by atoms with Crippen molar-refractivity contribution in [1.29, 1.82) is 0 Å². The van der Waals surface area contributed by atoms with Crippen molar-refractivity contribution in [3.05, 3.63) is 28.2 Å². The molecule has 0 atom stereocenters. The summed E-state index contributed by atoms with van der Waals surface area (Å²) in [7, 11) is 0. The van der Waals surface area contributed by atoms with Crippen LogP contribution in [0.1, 0.15) is 17.8 Å². The quantitative estimate of drug-likeness (QED) is 0.675. The summed E-state index contributed by atoms with van der Waals surface area (Å²) in [5.41, 5.74) is 0.866. The van der Waals surface area contributed by atoms with Crippen molar-refractivity contribution in [1.82, 2.24) is 15.6 Å². The van der Waals surface area contributed by atoms with Crippen molar-refractivity contribution >= 4 is 45.2 Å². The van der Waals surface area contributed by atoms with E-state index in [4.69, 9.17) is 16.7 Å². The Balaban J connectivity index is 1.71. The molecule has 8 heteroatoms. The first-order valence-electron chi connectivity index (χ1n) is 6.83. The number of hydrogen-bond donors (Lipinski definition) is 3. The number of carbonyl (C=O) groups excluding carboxylic acids is 1. The Morgan fingerprint density at radius 3 is 2.82 bits per heavy atom. The Bertz CT molecular complexity index is 674. The lowest BCUT2D eigenvalue weighted by Gasteiger charge is -2.05. The Labute approximate surface area is 136 Å². The maximum Gasteiger partial charge on any atom is 0.314 e. The summed E-state index contributed by atoms with van der Waals surface area (Å²) in [5, 5.41) is 15.4. The van der Waals surface area contributed by atoms with Crippen LogP contribution in [0.15, 0.2) is 18.2 Å². The molecule has 1 aromatic carbocycles. The van der Waals surface area contributed by atoms with Crippen molar-refractivity contribution in [2.24, 2.45) is 0 Å². The molecule has 0 bridgehead atoms. The van der Waals surface area contributed by atoms with E-state index in [0.717, 1.165) is 15.2 Å². The van der Waals surface area contributed by atoms with Crippen LogP contribution in [0.5, 0.6) is 0 Å². The number of carboxylic acids is 1. The van der Waals surface area contributed by atoms with E-state index in [1.807, 2.05) is 18.2 Å². The lowest BCUT2D eigenvalue weighted by atomic mass is 10.3. The van der Waals surface area contributed by atoms with Crippen molar-refractivity contribution in [2.45, 2.75) is 19.3 Å². The first kappa shape index (κ1) is 16.5. The highest BCUT2D eigenvalue weighted by Gasteiger charge is 2.05. The Hall–Kier alpha value is -1.86. The number of aliphatic carboxylic acids is 1. The molecule has 0 unspecified atom stereocenters. The average molecular weight is 342 g/mol. The molecular formula is C14H16ClN3O3S. The molecule has 2 amide bonds. The van der Waals surface area contributed by atoms with E-state index in [9.17, 15) is 9.59 Å². The number of hydrogen-bond acceptors (Lipinski definition) is 4.